The van der Waals surface area contributed by atoms with Crippen LogP contribution in [-0.2, 0) is 38.3 Å². The molecule has 13 heteroatoms. The monoisotopic (exact) mass is 698 g/mol. The van der Waals surface area contributed by atoms with E-state index in [1.54, 1.807) is 6.92 Å². The predicted molar refractivity (Wildman–Crippen MR) is 179 cm³/mol. The Balaban J connectivity index is 2.14. The predicted octanol–water partition coefficient (Wildman–Crippen LogP) is 5.79. The molecule has 1 fully saturated rings. The van der Waals surface area contributed by atoms with E-state index in [0.29, 0.717) is 6.61 Å². The van der Waals surface area contributed by atoms with E-state index < -0.39 is 59.8 Å². The molecule has 1 heterocycles. The first kappa shape index (κ1) is 44.1. The SMILES string of the molecule is CCCCCCCCCCCCCCCCCCCCCCOCC(COC1OC(CO)C(O)C(OS(=O)(=O)O)C1O)OC(=O)CC. The molecule has 0 bridgehead atoms. The summed E-state index contributed by atoms with van der Waals surface area (Å²) in [6, 6.07) is 0. The molecule has 0 radical (unpaired) electrons. The molecular weight excluding hydrogens is 632 g/mol. The van der Waals surface area contributed by atoms with Crippen LogP contribution in [0.4, 0.5) is 0 Å². The lowest BCUT2D eigenvalue weighted by molar-refractivity contribution is -0.301. The zero-order valence-corrected chi connectivity index (χ0v) is 29.9. The second-order valence-corrected chi connectivity index (χ2v) is 13.8. The van der Waals surface area contributed by atoms with Gasteiger partial charge in [0, 0.05) is 13.0 Å². The van der Waals surface area contributed by atoms with Gasteiger partial charge < -0.3 is 34.3 Å². The second kappa shape index (κ2) is 27.9. The number of aliphatic hydroxyl groups excluding tert-OH is 3. The van der Waals surface area contributed by atoms with Gasteiger partial charge in [-0.25, -0.2) is 4.18 Å². The van der Waals surface area contributed by atoms with Crippen LogP contribution < -0.4 is 0 Å². The highest BCUT2D eigenvalue weighted by molar-refractivity contribution is 7.80. The molecule has 6 unspecified atom stereocenters. The average molecular weight is 699 g/mol. The maximum Gasteiger partial charge on any atom is 0.397 e. The van der Waals surface area contributed by atoms with Crippen LogP contribution in [0.1, 0.15) is 149 Å². The third-order valence-corrected chi connectivity index (χ3v) is 9.00. The van der Waals surface area contributed by atoms with Crippen molar-refractivity contribution in [3.63, 3.8) is 0 Å². The molecule has 4 N–H and O–H groups in total. The summed E-state index contributed by atoms with van der Waals surface area (Å²) in [5.74, 6) is -0.484. The van der Waals surface area contributed by atoms with Crippen LogP contribution in [-0.4, -0.2) is 97.5 Å². The van der Waals surface area contributed by atoms with E-state index >= 15 is 0 Å². The number of aliphatic hydroxyl groups is 3. The van der Waals surface area contributed by atoms with Gasteiger partial charge in [0.1, 0.15) is 30.5 Å². The Morgan fingerprint density at radius 3 is 1.62 bits per heavy atom. The van der Waals surface area contributed by atoms with E-state index in [4.69, 9.17) is 23.5 Å². The Morgan fingerprint density at radius 2 is 1.19 bits per heavy atom. The molecule has 0 aromatic heterocycles. The lowest BCUT2D eigenvalue weighted by atomic mass is 9.99. The summed E-state index contributed by atoms with van der Waals surface area (Å²) >= 11 is 0. The molecule has 1 rings (SSSR count). The van der Waals surface area contributed by atoms with Crippen molar-refractivity contribution in [3.8, 4) is 0 Å². The zero-order valence-electron chi connectivity index (χ0n) is 29.1. The molecule has 47 heavy (non-hydrogen) atoms. The second-order valence-electron chi connectivity index (χ2n) is 12.8. The number of ether oxygens (including phenoxy) is 4. The lowest BCUT2D eigenvalue weighted by Crippen LogP contribution is -2.60. The molecule has 1 aliphatic rings. The van der Waals surface area contributed by atoms with Gasteiger partial charge in [-0.1, -0.05) is 136 Å². The smallest absolute Gasteiger partial charge is 0.397 e. The number of carbonyl (C=O) groups is 1. The molecule has 0 saturated carbocycles. The highest BCUT2D eigenvalue weighted by Crippen LogP contribution is 2.26. The summed E-state index contributed by atoms with van der Waals surface area (Å²) in [4.78, 5) is 11.9. The average Bonchev–Trinajstić information content (AvgIpc) is 3.04. The van der Waals surface area contributed by atoms with Crippen molar-refractivity contribution >= 4 is 16.4 Å². The van der Waals surface area contributed by atoms with Crippen molar-refractivity contribution in [3.05, 3.63) is 0 Å². The Morgan fingerprint density at radius 1 is 0.723 bits per heavy atom. The summed E-state index contributed by atoms with van der Waals surface area (Å²) in [6.45, 7) is 3.40. The quantitative estimate of drug-likeness (QED) is 0.0390. The van der Waals surface area contributed by atoms with Gasteiger partial charge in [0.25, 0.3) is 0 Å². The lowest BCUT2D eigenvalue weighted by Gasteiger charge is -2.41. The number of hydrogen-bond donors (Lipinski definition) is 4. The zero-order chi connectivity index (χ0) is 34.8. The van der Waals surface area contributed by atoms with E-state index in [1.165, 1.54) is 109 Å². The van der Waals surface area contributed by atoms with Crippen molar-refractivity contribution in [2.45, 2.75) is 185 Å². The van der Waals surface area contributed by atoms with Gasteiger partial charge in [0.15, 0.2) is 6.29 Å². The van der Waals surface area contributed by atoms with Gasteiger partial charge in [-0.3, -0.25) is 9.35 Å². The molecule has 0 amide bonds. The summed E-state index contributed by atoms with van der Waals surface area (Å²) in [5.41, 5.74) is 0. The number of hydrogen-bond acceptors (Lipinski definition) is 11. The van der Waals surface area contributed by atoms with Crippen LogP contribution in [0.5, 0.6) is 0 Å². The maximum atomic E-state index is 11.9. The number of unbranched alkanes of at least 4 members (excludes halogenated alkanes) is 19. The topological polar surface area (TPSA) is 178 Å². The molecular formula is C34H66O12S. The minimum atomic E-state index is -5.04. The summed E-state index contributed by atoms with van der Waals surface area (Å²) in [6.07, 6.45) is 17.1. The van der Waals surface area contributed by atoms with Gasteiger partial charge in [0.05, 0.1) is 19.8 Å². The van der Waals surface area contributed by atoms with Gasteiger partial charge in [-0.15, -0.1) is 0 Å². The minimum Gasteiger partial charge on any atom is -0.457 e. The molecule has 0 aromatic rings. The largest absolute Gasteiger partial charge is 0.457 e. The van der Waals surface area contributed by atoms with E-state index in [2.05, 4.69) is 11.1 Å². The van der Waals surface area contributed by atoms with Gasteiger partial charge in [0.2, 0.25) is 0 Å². The Labute approximate surface area is 284 Å². The highest BCUT2D eigenvalue weighted by Gasteiger charge is 2.48. The standard InChI is InChI=1S/C34H66O12S/c1-3-5-6-7-8-9-10-11-12-13-14-15-16-17-18-19-20-21-22-23-24-42-26-28(44-30(36)4-2)27-43-34-32(38)33(46-47(39,40)41)31(37)29(25-35)45-34/h28-29,31-35,37-38H,3-27H2,1-2H3,(H,39,40,41). The van der Waals surface area contributed by atoms with E-state index in [-0.39, 0.29) is 19.6 Å². The van der Waals surface area contributed by atoms with Crippen LogP contribution in [0.3, 0.4) is 0 Å². The van der Waals surface area contributed by atoms with E-state index in [1.807, 2.05) is 0 Å². The summed E-state index contributed by atoms with van der Waals surface area (Å²) in [7, 11) is -5.04. The van der Waals surface area contributed by atoms with Gasteiger partial charge in [-0.2, -0.15) is 8.42 Å². The maximum absolute atomic E-state index is 11.9. The van der Waals surface area contributed by atoms with Crippen LogP contribution in [0.15, 0.2) is 0 Å². The minimum absolute atomic E-state index is 0.0324. The highest BCUT2D eigenvalue weighted by atomic mass is 32.3. The first-order valence-electron chi connectivity index (χ1n) is 18.3. The summed E-state index contributed by atoms with van der Waals surface area (Å²) < 4.78 is 57.6. The Bertz CT molecular complexity index is 858. The fraction of sp³-hybridized carbons (Fsp3) is 0.971. The van der Waals surface area contributed by atoms with Crippen LogP contribution in [0, 0.1) is 0 Å². The third kappa shape index (κ3) is 22.4. The van der Waals surface area contributed by atoms with Crippen molar-refractivity contribution < 1.29 is 56.2 Å². The van der Waals surface area contributed by atoms with Crippen LogP contribution in [0.2, 0.25) is 0 Å². The number of rotatable bonds is 31. The van der Waals surface area contributed by atoms with Gasteiger partial charge in [-0.05, 0) is 6.42 Å². The first-order chi connectivity index (χ1) is 22.6. The number of carbonyl (C=O) groups excluding carboxylic acids is 1. The van der Waals surface area contributed by atoms with Crippen molar-refractivity contribution in [1.29, 1.82) is 0 Å². The Kier molecular flexibility index (Phi) is 26.2. The summed E-state index contributed by atoms with van der Waals surface area (Å²) in [5, 5.41) is 30.1. The fourth-order valence-electron chi connectivity index (χ4n) is 5.71. The number of esters is 1. The van der Waals surface area contributed by atoms with Crippen LogP contribution >= 0.6 is 0 Å². The molecule has 12 nitrogen and oxygen atoms in total. The molecule has 0 aliphatic carbocycles. The molecule has 0 aromatic carbocycles. The normalized spacial score (nSPS) is 22.4. The molecule has 6 atom stereocenters. The molecule has 1 saturated heterocycles. The first-order valence-corrected chi connectivity index (χ1v) is 19.7. The van der Waals surface area contributed by atoms with E-state index in [0.717, 1.165) is 19.3 Å². The Hall–Kier alpha value is -0.900. The molecule has 1 aliphatic heterocycles. The van der Waals surface area contributed by atoms with Crippen molar-refractivity contribution in [1.82, 2.24) is 0 Å². The third-order valence-electron chi connectivity index (χ3n) is 8.53. The van der Waals surface area contributed by atoms with Gasteiger partial charge >= 0.3 is 16.4 Å². The molecule has 0 spiro atoms. The fourth-order valence-corrected chi connectivity index (χ4v) is 6.22. The molecule has 280 valence electrons. The van der Waals surface area contributed by atoms with E-state index in [9.17, 15) is 28.5 Å². The van der Waals surface area contributed by atoms with Crippen molar-refractivity contribution in [2.24, 2.45) is 0 Å². The van der Waals surface area contributed by atoms with Crippen molar-refractivity contribution in [2.75, 3.05) is 26.4 Å². The van der Waals surface area contributed by atoms with Crippen LogP contribution in [0.25, 0.3) is 0 Å².